The number of carbonyl (C=O) groups excluding carboxylic acids is 1. The van der Waals surface area contributed by atoms with Crippen LogP contribution in [0, 0.1) is 6.92 Å². The van der Waals surface area contributed by atoms with E-state index in [1.54, 1.807) is 10.9 Å². The molecule has 1 fully saturated rings. The summed E-state index contributed by atoms with van der Waals surface area (Å²) in [7, 11) is 0. The van der Waals surface area contributed by atoms with Crippen molar-refractivity contribution in [2.24, 2.45) is 0 Å². The number of alkyl halides is 3. The monoisotopic (exact) mass is 495 g/mol. The van der Waals surface area contributed by atoms with Crippen LogP contribution in [0.3, 0.4) is 0 Å². The van der Waals surface area contributed by atoms with Gasteiger partial charge in [-0.3, -0.25) is 14.2 Å². The Balaban J connectivity index is 1.50. The predicted molar refractivity (Wildman–Crippen MR) is 113 cm³/mol. The number of hydrogen-bond donors (Lipinski definition) is 1. The van der Waals surface area contributed by atoms with E-state index in [2.05, 4.69) is 37.5 Å². The summed E-state index contributed by atoms with van der Waals surface area (Å²) in [6.07, 6.45) is 0.168. The minimum atomic E-state index is -4.60. The van der Waals surface area contributed by atoms with Crippen molar-refractivity contribution in [1.82, 2.24) is 19.6 Å². The second-order valence-electron chi connectivity index (χ2n) is 7.85. The Bertz CT molecular complexity index is 1120. The summed E-state index contributed by atoms with van der Waals surface area (Å²) < 4.78 is 42.8. The number of aryl methyl sites for hydroxylation is 1. The predicted octanol–water partition coefficient (Wildman–Crippen LogP) is 5.29. The van der Waals surface area contributed by atoms with Crippen molar-refractivity contribution in [1.29, 1.82) is 0 Å². The van der Waals surface area contributed by atoms with Crippen LogP contribution < -0.4 is 5.32 Å². The summed E-state index contributed by atoms with van der Waals surface area (Å²) in [6, 6.07) is 7.10. The van der Waals surface area contributed by atoms with Crippen LogP contribution in [0.15, 0.2) is 41.1 Å². The van der Waals surface area contributed by atoms with Crippen LogP contribution in [0.5, 0.6) is 0 Å². The molecule has 2 heterocycles. The van der Waals surface area contributed by atoms with Crippen molar-refractivity contribution < 1.29 is 18.0 Å². The quantitative estimate of drug-likeness (QED) is 0.504. The van der Waals surface area contributed by atoms with Crippen molar-refractivity contribution >= 4 is 27.5 Å². The summed E-state index contributed by atoms with van der Waals surface area (Å²) in [5.41, 5.74) is 2.11. The molecule has 0 spiro atoms. The van der Waals surface area contributed by atoms with Crippen LogP contribution in [0.1, 0.15) is 54.2 Å². The first kappa shape index (κ1) is 21.6. The molecule has 0 radical (unpaired) electrons. The van der Waals surface area contributed by atoms with Gasteiger partial charge in [0.05, 0.1) is 28.6 Å². The molecule has 0 saturated heterocycles. The molecule has 1 aliphatic rings. The van der Waals surface area contributed by atoms with Gasteiger partial charge in [0.1, 0.15) is 6.04 Å². The van der Waals surface area contributed by atoms with Crippen LogP contribution in [-0.2, 0) is 17.5 Å². The summed E-state index contributed by atoms with van der Waals surface area (Å²) in [6.45, 7) is 4.09. The third kappa shape index (κ3) is 4.68. The van der Waals surface area contributed by atoms with Gasteiger partial charge in [0, 0.05) is 12.1 Å². The normalized spacial score (nSPS) is 15.2. The van der Waals surface area contributed by atoms with Crippen molar-refractivity contribution in [3.05, 3.63) is 63.6 Å². The fraction of sp³-hybridized carbons (Fsp3) is 0.381. The van der Waals surface area contributed by atoms with Gasteiger partial charge >= 0.3 is 6.18 Å². The highest BCUT2D eigenvalue weighted by atomic mass is 79.9. The molecule has 1 aliphatic carbocycles. The average molecular weight is 496 g/mol. The SMILES string of the molecule is Cc1cccc(Cn2cc(NC(=O)C(C)n3nc(C(F)(F)F)c(Br)c3C3CC3)cn2)c1. The van der Waals surface area contributed by atoms with E-state index in [9.17, 15) is 18.0 Å². The van der Waals surface area contributed by atoms with Crippen molar-refractivity contribution in [3.8, 4) is 0 Å². The third-order valence-corrected chi connectivity index (χ3v) is 5.98. The van der Waals surface area contributed by atoms with Crippen LogP contribution >= 0.6 is 15.9 Å². The fourth-order valence-corrected chi connectivity index (χ4v) is 4.31. The van der Waals surface area contributed by atoms with Crippen LogP contribution in [-0.4, -0.2) is 25.5 Å². The number of nitrogens with one attached hydrogen (secondary N) is 1. The van der Waals surface area contributed by atoms with Crippen LogP contribution in [0.25, 0.3) is 0 Å². The Labute approximate surface area is 185 Å². The molecular formula is C21H21BrF3N5O. The van der Waals surface area contributed by atoms with Crippen molar-refractivity contribution in [2.45, 2.75) is 51.4 Å². The number of anilines is 1. The summed E-state index contributed by atoms with van der Waals surface area (Å²) in [5, 5.41) is 10.7. The Morgan fingerprint density at radius 3 is 2.74 bits per heavy atom. The highest BCUT2D eigenvalue weighted by Gasteiger charge is 2.43. The van der Waals surface area contributed by atoms with E-state index in [4.69, 9.17) is 0 Å². The lowest BCUT2D eigenvalue weighted by atomic mass is 10.1. The molecule has 4 rings (SSSR count). The minimum Gasteiger partial charge on any atom is -0.322 e. The molecule has 1 atom stereocenters. The van der Waals surface area contributed by atoms with Gasteiger partial charge in [-0.05, 0) is 48.2 Å². The van der Waals surface area contributed by atoms with Gasteiger partial charge in [-0.25, -0.2) is 0 Å². The summed E-state index contributed by atoms with van der Waals surface area (Å²) >= 11 is 3.05. The van der Waals surface area contributed by atoms with Crippen molar-refractivity contribution in [2.75, 3.05) is 5.32 Å². The number of nitrogens with zero attached hydrogens (tertiary/aromatic N) is 4. The van der Waals surface area contributed by atoms with E-state index in [1.807, 2.05) is 25.1 Å². The maximum absolute atomic E-state index is 13.3. The zero-order valence-corrected chi connectivity index (χ0v) is 18.5. The molecule has 1 saturated carbocycles. The fourth-order valence-electron chi connectivity index (χ4n) is 3.50. The van der Waals surface area contributed by atoms with E-state index >= 15 is 0 Å². The number of rotatable bonds is 6. The Morgan fingerprint density at radius 2 is 2.10 bits per heavy atom. The largest absolute Gasteiger partial charge is 0.436 e. The number of benzene rings is 1. The lowest BCUT2D eigenvalue weighted by Gasteiger charge is -2.15. The molecule has 1 aromatic carbocycles. The standard InChI is InChI=1S/C21H21BrF3N5O/c1-12-4-3-5-14(8-12)10-29-11-16(9-26-29)27-20(31)13(2)30-18(15-6-7-15)17(22)19(28-30)21(23,24)25/h3-5,8-9,11,13,15H,6-7,10H2,1-2H3,(H,27,31). The molecule has 10 heteroatoms. The molecule has 1 amide bonds. The first-order chi connectivity index (χ1) is 14.6. The van der Waals surface area contributed by atoms with Gasteiger partial charge in [0.2, 0.25) is 5.91 Å². The molecule has 164 valence electrons. The third-order valence-electron chi connectivity index (χ3n) is 5.19. The highest BCUT2D eigenvalue weighted by molar-refractivity contribution is 9.10. The Morgan fingerprint density at radius 1 is 1.35 bits per heavy atom. The summed E-state index contributed by atoms with van der Waals surface area (Å²) in [4.78, 5) is 12.8. The zero-order valence-electron chi connectivity index (χ0n) is 16.9. The second-order valence-corrected chi connectivity index (χ2v) is 8.64. The molecule has 3 aromatic rings. The van der Waals surface area contributed by atoms with Gasteiger partial charge in [-0.15, -0.1) is 0 Å². The second kappa shape index (κ2) is 8.14. The lowest BCUT2D eigenvalue weighted by molar-refractivity contribution is -0.142. The number of halogens is 4. The van der Waals surface area contributed by atoms with E-state index < -0.39 is 23.8 Å². The maximum Gasteiger partial charge on any atom is 0.436 e. The van der Waals surface area contributed by atoms with E-state index in [-0.39, 0.29) is 10.4 Å². The lowest BCUT2D eigenvalue weighted by Crippen LogP contribution is -2.26. The van der Waals surface area contributed by atoms with Crippen LogP contribution in [0.2, 0.25) is 0 Å². The van der Waals surface area contributed by atoms with Gasteiger partial charge < -0.3 is 5.32 Å². The summed E-state index contributed by atoms with van der Waals surface area (Å²) in [5.74, 6) is -0.481. The molecule has 0 bridgehead atoms. The minimum absolute atomic E-state index is 0.0229. The maximum atomic E-state index is 13.3. The zero-order chi connectivity index (χ0) is 22.3. The topological polar surface area (TPSA) is 64.7 Å². The molecule has 0 aliphatic heterocycles. The van der Waals surface area contributed by atoms with Gasteiger partial charge in [0.15, 0.2) is 5.69 Å². The Hall–Kier alpha value is -2.62. The molecule has 31 heavy (non-hydrogen) atoms. The molecular weight excluding hydrogens is 475 g/mol. The molecule has 1 unspecified atom stereocenters. The highest BCUT2D eigenvalue weighted by Crippen LogP contribution is 2.47. The number of carbonyl (C=O) groups is 1. The van der Waals surface area contributed by atoms with Gasteiger partial charge in [0.25, 0.3) is 0 Å². The number of hydrogen-bond acceptors (Lipinski definition) is 3. The van der Waals surface area contributed by atoms with Crippen LogP contribution in [0.4, 0.5) is 18.9 Å². The average Bonchev–Trinajstić information content (AvgIpc) is 3.33. The van der Waals surface area contributed by atoms with Crippen molar-refractivity contribution in [3.63, 3.8) is 0 Å². The van der Waals surface area contributed by atoms with E-state index in [0.29, 0.717) is 17.9 Å². The van der Waals surface area contributed by atoms with Gasteiger partial charge in [-0.1, -0.05) is 29.8 Å². The Kier molecular flexibility index (Phi) is 5.67. The number of aromatic nitrogens is 4. The van der Waals surface area contributed by atoms with E-state index in [0.717, 1.165) is 24.0 Å². The number of amides is 1. The smallest absolute Gasteiger partial charge is 0.322 e. The first-order valence-corrected chi connectivity index (χ1v) is 10.7. The molecule has 1 N–H and O–H groups in total. The van der Waals surface area contributed by atoms with E-state index in [1.165, 1.54) is 17.8 Å². The molecule has 6 nitrogen and oxygen atoms in total. The first-order valence-electron chi connectivity index (χ1n) is 9.87. The molecule has 2 aromatic heterocycles. The van der Waals surface area contributed by atoms with Gasteiger partial charge in [-0.2, -0.15) is 23.4 Å².